The highest BCUT2D eigenvalue weighted by Crippen LogP contribution is 2.32. The van der Waals surface area contributed by atoms with Crippen LogP contribution in [-0.2, 0) is 0 Å². The Morgan fingerprint density at radius 1 is 1.44 bits per heavy atom. The van der Waals surface area contributed by atoms with Gasteiger partial charge >= 0.3 is 0 Å². The third-order valence-electron chi connectivity index (χ3n) is 3.86. The van der Waals surface area contributed by atoms with Gasteiger partial charge in [0.05, 0.1) is 0 Å². The maximum Gasteiger partial charge on any atom is 0.265 e. The molecule has 1 heterocycles. The topological polar surface area (TPSA) is 80.0 Å². The molecule has 1 fully saturated rings. The fraction of sp³-hybridized carbons (Fsp3) is 0.667. The van der Waals surface area contributed by atoms with Crippen LogP contribution < -0.4 is 16.4 Å². The van der Waals surface area contributed by atoms with Crippen molar-refractivity contribution in [2.24, 2.45) is 11.8 Å². The van der Waals surface area contributed by atoms with Gasteiger partial charge in [-0.2, -0.15) is 0 Å². The highest BCUT2D eigenvalue weighted by atomic mass is 32.1. The second-order valence-corrected chi connectivity index (χ2v) is 5.98. The summed E-state index contributed by atoms with van der Waals surface area (Å²) in [7, 11) is 1.76. The lowest BCUT2D eigenvalue weighted by atomic mass is 9.98. The molecule has 2 rings (SSSR count). The molecule has 1 saturated carbocycles. The summed E-state index contributed by atoms with van der Waals surface area (Å²) >= 11 is 1.29. The molecule has 0 radical (unpaired) electrons. The van der Waals surface area contributed by atoms with Gasteiger partial charge in [-0.1, -0.05) is 25.2 Å². The van der Waals surface area contributed by atoms with E-state index in [-0.39, 0.29) is 11.9 Å². The van der Waals surface area contributed by atoms with Crippen LogP contribution >= 0.6 is 11.3 Å². The number of amides is 1. The van der Waals surface area contributed by atoms with Crippen LogP contribution in [0.5, 0.6) is 0 Å². The number of carbonyl (C=O) groups excluding carboxylic acids is 1. The average Bonchev–Trinajstić information content (AvgIpc) is 2.86. The van der Waals surface area contributed by atoms with Crippen LogP contribution in [0.25, 0.3) is 0 Å². The molecule has 100 valence electrons. The molecule has 0 bridgehead atoms. The number of nitrogen functional groups attached to an aromatic ring is 1. The molecule has 1 aromatic rings. The number of nitrogens with zero attached hydrogens (tertiary/aromatic N) is 1. The first kappa shape index (κ1) is 13.1. The van der Waals surface area contributed by atoms with Crippen molar-refractivity contribution in [2.75, 3.05) is 18.1 Å². The van der Waals surface area contributed by atoms with Crippen molar-refractivity contribution >= 4 is 28.2 Å². The summed E-state index contributed by atoms with van der Waals surface area (Å²) in [6.07, 6.45) is 2.22. The SMILES string of the molecule is CNc1nc(N)c(C(=O)NC2CCC(C)C2C)s1. The van der Waals surface area contributed by atoms with Crippen molar-refractivity contribution in [2.45, 2.75) is 32.7 Å². The Kier molecular flexibility index (Phi) is 3.75. The zero-order valence-electron chi connectivity index (χ0n) is 11.0. The second kappa shape index (κ2) is 5.14. The first-order valence-corrected chi connectivity index (χ1v) is 7.09. The molecule has 18 heavy (non-hydrogen) atoms. The smallest absolute Gasteiger partial charge is 0.265 e. The quantitative estimate of drug-likeness (QED) is 0.782. The number of hydrogen-bond acceptors (Lipinski definition) is 5. The summed E-state index contributed by atoms with van der Waals surface area (Å²) in [4.78, 5) is 16.7. The minimum absolute atomic E-state index is 0.0996. The largest absolute Gasteiger partial charge is 0.382 e. The van der Waals surface area contributed by atoms with Gasteiger partial charge in [0, 0.05) is 13.1 Å². The monoisotopic (exact) mass is 268 g/mol. The van der Waals surface area contributed by atoms with Gasteiger partial charge in [0.1, 0.15) is 10.7 Å². The van der Waals surface area contributed by atoms with Gasteiger partial charge in [0.25, 0.3) is 5.91 Å². The van der Waals surface area contributed by atoms with Crippen molar-refractivity contribution in [3.8, 4) is 0 Å². The molecule has 0 spiro atoms. The van der Waals surface area contributed by atoms with E-state index < -0.39 is 0 Å². The number of aromatic nitrogens is 1. The van der Waals surface area contributed by atoms with Crippen LogP contribution in [0.15, 0.2) is 0 Å². The molecule has 0 aromatic carbocycles. The molecule has 5 nitrogen and oxygen atoms in total. The summed E-state index contributed by atoms with van der Waals surface area (Å²) in [6, 6.07) is 0.257. The third kappa shape index (κ3) is 2.43. The van der Waals surface area contributed by atoms with Gasteiger partial charge in [-0.05, 0) is 24.7 Å². The highest BCUT2D eigenvalue weighted by Gasteiger charge is 2.31. The Hall–Kier alpha value is -1.30. The van der Waals surface area contributed by atoms with E-state index >= 15 is 0 Å². The molecule has 0 saturated heterocycles. The van der Waals surface area contributed by atoms with Gasteiger partial charge in [0.15, 0.2) is 5.13 Å². The van der Waals surface area contributed by atoms with Crippen molar-refractivity contribution in [3.63, 3.8) is 0 Å². The number of carbonyl (C=O) groups is 1. The standard InChI is InChI=1S/C12H20N4OS/c1-6-4-5-8(7(6)2)15-11(17)9-10(13)16-12(14-3)18-9/h6-8H,4-5,13H2,1-3H3,(H,14,16)(H,15,17). The number of thiazole rings is 1. The lowest BCUT2D eigenvalue weighted by molar-refractivity contribution is 0.0932. The predicted octanol–water partition coefficient (Wildman–Crippen LogP) is 1.93. The van der Waals surface area contributed by atoms with E-state index in [9.17, 15) is 4.79 Å². The second-order valence-electron chi connectivity index (χ2n) is 4.98. The van der Waals surface area contributed by atoms with Gasteiger partial charge in [-0.15, -0.1) is 0 Å². The van der Waals surface area contributed by atoms with Gasteiger partial charge in [0.2, 0.25) is 0 Å². The first-order valence-electron chi connectivity index (χ1n) is 6.27. The molecular formula is C12H20N4OS. The summed E-state index contributed by atoms with van der Waals surface area (Å²) in [5.74, 6) is 1.40. The summed E-state index contributed by atoms with van der Waals surface area (Å²) < 4.78 is 0. The Labute approximate surface area is 111 Å². The van der Waals surface area contributed by atoms with Crippen molar-refractivity contribution in [1.29, 1.82) is 0 Å². The van der Waals surface area contributed by atoms with Crippen molar-refractivity contribution in [1.82, 2.24) is 10.3 Å². The van der Waals surface area contributed by atoms with Gasteiger partial charge in [-0.3, -0.25) is 4.79 Å². The maximum atomic E-state index is 12.2. The Morgan fingerprint density at radius 2 is 2.17 bits per heavy atom. The van der Waals surface area contributed by atoms with E-state index in [1.165, 1.54) is 17.8 Å². The molecule has 1 aliphatic carbocycles. The fourth-order valence-electron chi connectivity index (χ4n) is 2.40. The van der Waals surface area contributed by atoms with E-state index in [1.807, 2.05) is 0 Å². The number of nitrogens with two attached hydrogens (primary N) is 1. The lowest BCUT2D eigenvalue weighted by Gasteiger charge is -2.19. The molecule has 3 atom stereocenters. The molecule has 6 heteroatoms. The number of rotatable bonds is 3. The van der Waals surface area contributed by atoms with E-state index in [4.69, 9.17) is 5.73 Å². The Balaban J connectivity index is 2.05. The third-order valence-corrected chi connectivity index (χ3v) is 4.94. The summed E-state index contributed by atoms with van der Waals surface area (Å²) in [5, 5.41) is 6.65. The molecule has 1 amide bonds. The van der Waals surface area contributed by atoms with Crippen molar-refractivity contribution in [3.05, 3.63) is 4.88 Å². The Bertz CT molecular complexity index is 445. The molecule has 0 aliphatic heterocycles. The van der Waals surface area contributed by atoms with Crippen LogP contribution in [0.1, 0.15) is 36.4 Å². The minimum atomic E-state index is -0.0996. The van der Waals surface area contributed by atoms with E-state index in [0.717, 1.165) is 6.42 Å². The summed E-state index contributed by atoms with van der Waals surface area (Å²) in [5.41, 5.74) is 5.75. The van der Waals surface area contributed by atoms with Crippen LogP contribution in [0.4, 0.5) is 10.9 Å². The summed E-state index contributed by atoms with van der Waals surface area (Å²) in [6.45, 7) is 4.43. The normalized spacial score (nSPS) is 27.2. The highest BCUT2D eigenvalue weighted by molar-refractivity contribution is 7.18. The minimum Gasteiger partial charge on any atom is -0.382 e. The Morgan fingerprint density at radius 3 is 2.67 bits per heavy atom. The van der Waals surface area contributed by atoms with Crippen LogP contribution in [-0.4, -0.2) is 24.0 Å². The van der Waals surface area contributed by atoms with E-state index in [2.05, 4.69) is 29.5 Å². The zero-order chi connectivity index (χ0) is 13.3. The van der Waals surface area contributed by atoms with Gasteiger partial charge < -0.3 is 16.4 Å². The molecule has 4 N–H and O–H groups in total. The number of anilines is 2. The molecular weight excluding hydrogens is 248 g/mol. The zero-order valence-corrected chi connectivity index (χ0v) is 11.8. The van der Waals surface area contributed by atoms with Crippen LogP contribution in [0.2, 0.25) is 0 Å². The number of nitrogens with one attached hydrogen (secondary N) is 2. The van der Waals surface area contributed by atoms with Crippen LogP contribution in [0.3, 0.4) is 0 Å². The first-order chi connectivity index (χ1) is 8.52. The van der Waals surface area contributed by atoms with E-state index in [1.54, 1.807) is 7.05 Å². The molecule has 3 unspecified atom stereocenters. The molecule has 1 aromatic heterocycles. The molecule has 1 aliphatic rings. The maximum absolute atomic E-state index is 12.2. The van der Waals surface area contributed by atoms with E-state index in [0.29, 0.717) is 27.7 Å². The fourth-order valence-corrected chi connectivity index (χ4v) is 3.15. The van der Waals surface area contributed by atoms with Gasteiger partial charge in [-0.25, -0.2) is 4.98 Å². The lowest BCUT2D eigenvalue weighted by Crippen LogP contribution is -2.37. The predicted molar refractivity (Wildman–Crippen MR) is 74.9 cm³/mol. The van der Waals surface area contributed by atoms with Crippen molar-refractivity contribution < 1.29 is 4.79 Å². The van der Waals surface area contributed by atoms with Crippen LogP contribution in [0, 0.1) is 11.8 Å². The number of hydrogen-bond donors (Lipinski definition) is 3. The average molecular weight is 268 g/mol.